The van der Waals surface area contributed by atoms with Crippen molar-refractivity contribution in [2.75, 3.05) is 0 Å². The summed E-state index contributed by atoms with van der Waals surface area (Å²) in [5.74, 6) is 0. The Balaban J connectivity index is 2.93. The molecule has 0 amide bonds. The fraction of sp³-hybridized carbons (Fsp3) is 0.188. The molecule has 0 saturated heterocycles. The number of hydrogen-bond donors (Lipinski definition) is 0. The smallest absolute Gasteiger partial charge is 0.201 e. The van der Waals surface area contributed by atoms with Crippen molar-refractivity contribution in [2.45, 2.75) is 13.8 Å². The van der Waals surface area contributed by atoms with Crippen LogP contribution in [0.5, 0.6) is 0 Å². The van der Waals surface area contributed by atoms with Gasteiger partial charge in [-0.25, -0.2) is 4.57 Å². The molecule has 0 aliphatic heterocycles. The van der Waals surface area contributed by atoms with Gasteiger partial charge in [-0.15, -0.1) is 9.24 Å². The Morgan fingerprint density at radius 2 is 1.83 bits per heavy atom. The first-order chi connectivity index (χ1) is 8.69. The van der Waals surface area contributed by atoms with E-state index in [0.29, 0.717) is 0 Å². The second kappa shape index (κ2) is 5.46. The van der Waals surface area contributed by atoms with E-state index >= 15 is 0 Å². The van der Waals surface area contributed by atoms with E-state index in [0.717, 1.165) is 0 Å². The Morgan fingerprint density at radius 1 is 1.06 bits per heavy atom. The van der Waals surface area contributed by atoms with Crippen molar-refractivity contribution >= 4 is 26.7 Å². The summed E-state index contributed by atoms with van der Waals surface area (Å²) in [6.07, 6.45) is 6.43. The van der Waals surface area contributed by atoms with Crippen LogP contribution < -0.4 is 20.3 Å². The molecule has 1 unspecified atom stereocenters. The highest BCUT2D eigenvalue weighted by Crippen LogP contribution is 2.09. The van der Waals surface area contributed by atoms with Crippen LogP contribution in [0.4, 0.5) is 0 Å². The number of aromatic nitrogens is 1. The third-order valence-electron chi connectivity index (χ3n) is 3.22. The lowest BCUT2D eigenvalue weighted by Crippen LogP contribution is -2.37. The van der Waals surface area contributed by atoms with Crippen LogP contribution in [0.15, 0.2) is 36.5 Å². The van der Waals surface area contributed by atoms with Crippen LogP contribution >= 0.6 is 9.24 Å². The normalized spacial score (nSPS) is 13.1. The first-order valence-electron chi connectivity index (χ1n) is 6.15. The molecule has 92 valence electrons. The number of aryl methyl sites for hydroxylation is 1. The molecule has 1 aromatic carbocycles. The van der Waals surface area contributed by atoms with Gasteiger partial charge in [0.25, 0.3) is 0 Å². The quantitative estimate of drug-likeness (QED) is 0.534. The van der Waals surface area contributed by atoms with E-state index in [4.69, 9.17) is 0 Å². The van der Waals surface area contributed by atoms with Crippen LogP contribution in [0.2, 0.25) is 0 Å². The Morgan fingerprint density at radius 3 is 2.44 bits per heavy atom. The lowest BCUT2D eigenvalue weighted by Gasteiger charge is -2.06. The van der Waals surface area contributed by atoms with Crippen molar-refractivity contribution in [1.29, 1.82) is 0 Å². The van der Waals surface area contributed by atoms with Gasteiger partial charge in [0.2, 0.25) is 5.69 Å². The van der Waals surface area contributed by atoms with Crippen LogP contribution in [0.3, 0.4) is 0 Å². The molecule has 1 aromatic heterocycles. The van der Waals surface area contributed by atoms with E-state index in [-0.39, 0.29) is 0 Å². The van der Waals surface area contributed by atoms with Gasteiger partial charge in [-0.3, -0.25) is 0 Å². The summed E-state index contributed by atoms with van der Waals surface area (Å²) in [6.45, 7) is 4.18. The number of hydrogen-bond acceptors (Lipinski definition) is 0. The second-order valence-corrected chi connectivity index (χ2v) is 4.93. The predicted molar refractivity (Wildman–Crippen MR) is 81.9 cm³/mol. The topological polar surface area (TPSA) is 3.88 Å². The van der Waals surface area contributed by atoms with E-state index in [1.54, 1.807) is 0 Å². The summed E-state index contributed by atoms with van der Waals surface area (Å²) in [6, 6.07) is 10.6. The molecular weight excluding hydrogens is 237 g/mol. The van der Waals surface area contributed by atoms with Gasteiger partial charge in [0.15, 0.2) is 6.20 Å². The Labute approximate surface area is 111 Å². The average molecular weight is 256 g/mol. The summed E-state index contributed by atoms with van der Waals surface area (Å²) < 4.78 is 2.16. The maximum atomic E-state index is 2.84. The minimum Gasteiger partial charge on any atom is -0.201 e. The minimum absolute atomic E-state index is 1.23. The fourth-order valence-electron chi connectivity index (χ4n) is 2.28. The van der Waals surface area contributed by atoms with Crippen LogP contribution in [0.1, 0.15) is 13.8 Å². The molecule has 0 N–H and O–H groups in total. The van der Waals surface area contributed by atoms with Crippen molar-refractivity contribution in [3.05, 3.63) is 47.0 Å². The monoisotopic (exact) mass is 256 g/mol. The molecule has 0 bridgehead atoms. The second-order valence-electron chi connectivity index (χ2n) is 4.31. The zero-order chi connectivity index (χ0) is 13.1. The molecule has 0 spiro atoms. The van der Waals surface area contributed by atoms with Crippen molar-refractivity contribution in [3.8, 4) is 11.3 Å². The van der Waals surface area contributed by atoms with Crippen molar-refractivity contribution in [1.82, 2.24) is 0 Å². The predicted octanol–water partition coefficient (Wildman–Crippen LogP) is 1.28. The average Bonchev–Trinajstić information content (AvgIpc) is 2.39. The number of nitrogens with zero attached hydrogens (tertiary/aromatic N) is 1. The summed E-state index contributed by atoms with van der Waals surface area (Å²) in [5.41, 5.74) is 2.53. The van der Waals surface area contributed by atoms with E-state index in [1.165, 1.54) is 27.0 Å². The van der Waals surface area contributed by atoms with E-state index < -0.39 is 0 Å². The third-order valence-corrected chi connectivity index (χ3v) is 3.70. The van der Waals surface area contributed by atoms with Gasteiger partial charge < -0.3 is 0 Å². The van der Waals surface area contributed by atoms with Gasteiger partial charge in [0.1, 0.15) is 7.05 Å². The number of rotatable bonds is 1. The first-order valence-corrected chi connectivity index (χ1v) is 6.73. The number of benzene rings is 1. The molecule has 0 aliphatic carbocycles. The molecule has 0 fully saturated rings. The Bertz CT molecular complexity index is 687. The van der Waals surface area contributed by atoms with Crippen LogP contribution in [-0.4, -0.2) is 0 Å². The zero-order valence-corrected chi connectivity index (χ0v) is 12.3. The molecule has 1 nitrogen and oxygen atoms in total. The maximum Gasteiger partial charge on any atom is 0.213 e. The molecule has 2 aromatic rings. The largest absolute Gasteiger partial charge is 0.213 e. The third kappa shape index (κ3) is 2.23. The van der Waals surface area contributed by atoms with Gasteiger partial charge in [-0.1, -0.05) is 24.3 Å². The first kappa shape index (κ1) is 13.0. The van der Waals surface area contributed by atoms with Crippen LogP contribution in [0, 0.1) is 0 Å². The summed E-state index contributed by atoms with van der Waals surface area (Å²) in [4.78, 5) is 0. The molecule has 0 radical (unpaired) electrons. The molecule has 1 heterocycles. The standard InChI is InChI=1S/C16H19NP/c1-4-12-9-10-15(18)16(13(12)5-2)14-8-6-7-11-17(14)3/h4-11H,18H2,1-3H3/q+1/b12-4-,13-5+. The highest BCUT2D eigenvalue weighted by molar-refractivity contribution is 7.27. The molecule has 2 rings (SSSR count). The summed E-state index contributed by atoms with van der Waals surface area (Å²) in [7, 11) is 4.93. The lowest BCUT2D eigenvalue weighted by atomic mass is 10.0. The number of pyridine rings is 1. The van der Waals surface area contributed by atoms with Gasteiger partial charge in [-0.2, -0.15) is 0 Å². The SMILES string of the molecule is C/C=c1/ccc(P)c(-c2cccc[n+]2C)/c1=C/C. The minimum atomic E-state index is 1.23. The summed E-state index contributed by atoms with van der Waals surface area (Å²) in [5, 5.41) is 3.81. The fourth-order valence-corrected chi connectivity index (χ4v) is 2.68. The molecule has 2 heteroatoms. The highest BCUT2D eigenvalue weighted by Gasteiger charge is 2.12. The Hall–Kier alpha value is -1.46. The van der Waals surface area contributed by atoms with Gasteiger partial charge in [0, 0.05) is 12.1 Å². The molecular formula is C16H19NP+. The van der Waals surface area contributed by atoms with Crippen molar-refractivity contribution in [2.24, 2.45) is 7.05 Å². The Kier molecular flexibility index (Phi) is 3.93. The molecule has 1 atom stereocenters. The van der Waals surface area contributed by atoms with E-state index in [1.807, 2.05) is 0 Å². The van der Waals surface area contributed by atoms with Gasteiger partial charge in [-0.05, 0) is 35.7 Å². The molecule has 0 aliphatic rings. The van der Waals surface area contributed by atoms with Crippen molar-refractivity contribution < 1.29 is 4.57 Å². The van der Waals surface area contributed by atoms with Gasteiger partial charge in [0.05, 0.1) is 5.56 Å². The van der Waals surface area contributed by atoms with Crippen molar-refractivity contribution in [3.63, 3.8) is 0 Å². The van der Waals surface area contributed by atoms with E-state index in [9.17, 15) is 0 Å². The lowest BCUT2D eigenvalue weighted by molar-refractivity contribution is -0.660. The molecule has 18 heavy (non-hydrogen) atoms. The molecule has 0 saturated carbocycles. The maximum absolute atomic E-state index is 2.84. The highest BCUT2D eigenvalue weighted by atomic mass is 31.0. The van der Waals surface area contributed by atoms with Crippen LogP contribution in [-0.2, 0) is 7.05 Å². The van der Waals surface area contributed by atoms with Gasteiger partial charge >= 0.3 is 0 Å². The summed E-state index contributed by atoms with van der Waals surface area (Å²) >= 11 is 0. The zero-order valence-electron chi connectivity index (χ0n) is 11.1. The van der Waals surface area contributed by atoms with E-state index in [2.05, 4.69) is 83.4 Å². The van der Waals surface area contributed by atoms with Crippen LogP contribution in [0.25, 0.3) is 23.4 Å².